The molecule has 4 bridgehead atoms. The molecule has 4 heteroatoms. The second-order valence-corrected chi connectivity index (χ2v) is 14.8. The molecular weight excluding hydrogens is 316 g/mol. The van der Waals surface area contributed by atoms with Gasteiger partial charge in [0.25, 0.3) is 0 Å². The molecule has 0 radical (unpaired) electrons. The molecule has 0 heterocycles. The van der Waals surface area contributed by atoms with Crippen molar-refractivity contribution in [2.24, 2.45) is 23.7 Å². The number of hydrogen-bond acceptors (Lipinski definition) is 3. The van der Waals surface area contributed by atoms with E-state index in [-0.39, 0.29) is 16.6 Å². The third-order valence-electron chi connectivity index (χ3n) is 7.35. The highest BCUT2D eigenvalue weighted by Crippen LogP contribution is 2.60. The number of esters is 1. The summed E-state index contributed by atoms with van der Waals surface area (Å²) in [5.74, 6) is 2.25. The third-order valence-corrected chi connectivity index (χ3v) is 11.9. The summed E-state index contributed by atoms with van der Waals surface area (Å²) in [4.78, 5) is 12.0. The minimum absolute atomic E-state index is 0.212. The Morgan fingerprint density at radius 2 is 1.79 bits per heavy atom. The minimum atomic E-state index is -1.78. The van der Waals surface area contributed by atoms with E-state index in [0.29, 0.717) is 11.8 Å². The molecule has 136 valence electrons. The van der Waals surface area contributed by atoms with Crippen molar-refractivity contribution in [3.05, 3.63) is 12.7 Å². The lowest BCUT2D eigenvalue weighted by Crippen LogP contribution is -2.61. The molecule has 3 atom stereocenters. The molecule has 0 aromatic rings. The molecule has 0 saturated heterocycles. The van der Waals surface area contributed by atoms with E-state index in [2.05, 4.69) is 40.4 Å². The molecule has 0 aromatic carbocycles. The molecular formula is C20H34O3Si. The number of hydrogen-bond donors (Lipinski definition) is 0. The maximum Gasteiger partial charge on any atom is 0.330 e. The summed E-state index contributed by atoms with van der Waals surface area (Å²) in [6.45, 7) is 15.8. The fraction of sp³-hybridized carbons (Fsp3) is 0.850. The largest absolute Gasteiger partial charge is 0.456 e. The Balaban J connectivity index is 1.79. The summed E-state index contributed by atoms with van der Waals surface area (Å²) in [6, 6.07) is 0. The maximum absolute atomic E-state index is 12.0. The van der Waals surface area contributed by atoms with Gasteiger partial charge in [0.1, 0.15) is 5.60 Å². The Morgan fingerprint density at radius 1 is 1.21 bits per heavy atom. The Morgan fingerprint density at radius 3 is 2.29 bits per heavy atom. The molecule has 4 aliphatic carbocycles. The Bertz CT molecular complexity index is 505. The van der Waals surface area contributed by atoms with Gasteiger partial charge in [-0.2, -0.15) is 0 Å². The summed E-state index contributed by atoms with van der Waals surface area (Å²) >= 11 is 0. The Hall–Kier alpha value is -0.613. The first-order valence-electron chi connectivity index (χ1n) is 9.56. The van der Waals surface area contributed by atoms with Crippen molar-refractivity contribution in [1.29, 1.82) is 0 Å². The van der Waals surface area contributed by atoms with Crippen molar-refractivity contribution in [2.45, 2.75) is 76.6 Å². The average molecular weight is 351 g/mol. The third kappa shape index (κ3) is 3.12. The predicted octanol–water partition coefficient (Wildman–Crippen LogP) is 4.93. The SMILES string of the molecule is C=CC(=O)OC12CC3CC(CC(C3)C1CO[Si](C)(C)C(C)(C)C)C2. The van der Waals surface area contributed by atoms with Crippen LogP contribution in [-0.4, -0.2) is 26.5 Å². The normalized spacial score (nSPS) is 38.2. The highest BCUT2D eigenvalue weighted by atomic mass is 28.4. The van der Waals surface area contributed by atoms with Gasteiger partial charge < -0.3 is 9.16 Å². The number of rotatable bonds is 5. The number of ether oxygens (including phenoxy) is 1. The van der Waals surface area contributed by atoms with Gasteiger partial charge in [0.2, 0.25) is 0 Å². The average Bonchev–Trinajstić information content (AvgIpc) is 2.44. The van der Waals surface area contributed by atoms with Gasteiger partial charge in [-0.1, -0.05) is 27.4 Å². The first-order valence-corrected chi connectivity index (χ1v) is 12.5. The summed E-state index contributed by atoms with van der Waals surface area (Å²) in [7, 11) is -1.78. The quantitative estimate of drug-likeness (QED) is 0.400. The molecule has 0 aromatic heterocycles. The predicted molar refractivity (Wildman–Crippen MR) is 99.2 cm³/mol. The van der Waals surface area contributed by atoms with E-state index in [1.165, 1.54) is 25.3 Å². The van der Waals surface area contributed by atoms with Crippen LogP contribution in [0, 0.1) is 23.7 Å². The zero-order valence-electron chi connectivity index (χ0n) is 16.1. The van der Waals surface area contributed by atoms with Crippen molar-refractivity contribution < 1.29 is 14.0 Å². The lowest BCUT2D eigenvalue weighted by Gasteiger charge is -2.60. The van der Waals surface area contributed by atoms with Gasteiger partial charge in [-0.15, -0.1) is 0 Å². The molecule has 0 N–H and O–H groups in total. The van der Waals surface area contributed by atoms with Crippen LogP contribution in [0.15, 0.2) is 12.7 Å². The van der Waals surface area contributed by atoms with Gasteiger partial charge in [-0.3, -0.25) is 0 Å². The lowest BCUT2D eigenvalue weighted by molar-refractivity contribution is -0.208. The molecule has 4 saturated carbocycles. The lowest BCUT2D eigenvalue weighted by atomic mass is 9.50. The van der Waals surface area contributed by atoms with E-state index in [4.69, 9.17) is 9.16 Å². The van der Waals surface area contributed by atoms with E-state index in [1.807, 2.05) is 0 Å². The van der Waals surface area contributed by atoms with Gasteiger partial charge in [0, 0.05) is 18.6 Å². The monoisotopic (exact) mass is 350 g/mol. The first kappa shape index (κ1) is 18.2. The Kier molecular flexibility index (Phi) is 4.53. The highest BCUT2D eigenvalue weighted by molar-refractivity contribution is 6.74. The van der Waals surface area contributed by atoms with Crippen molar-refractivity contribution >= 4 is 14.3 Å². The van der Waals surface area contributed by atoms with Crippen molar-refractivity contribution in [3.8, 4) is 0 Å². The second kappa shape index (κ2) is 5.98. The van der Waals surface area contributed by atoms with Crippen LogP contribution in [0.2, 0.25) is 18.1 Å². The van der Waals surface area contributed by atoms with E-state index < -0.39 is 8.32 Å². The smallest absolute Gasteiger partial charge is 0.330 e. The Labute approximate surface area is 148 Å². The standard InChI is InChI=1S/C20H34O3Si/c1-7-18(21)23-20-11-14-8-15(12-20)10-16(9-14)17(20)13-22-24(5,6)19(2,3)4/h7,14-17H,1,8-13H2,2-6H3. The van der Waals surface area contributed by atoms with Crippen molar-refractivity contribution in [2.75, 3.05) is 6.61 Å². The van der Waals surface area contributed by atoms with Gasteiger partial charge in [-0.25, -0.2) is 4.79 Å². The molecule has 0 amide bonds. The minimum Gasteiger partial charge on any atom is -0.456 e. The molecule has 0 spiro atoms. The van der Waals surface area contributed by atoms with Gasteiger partial charge in [-0.05, 0) is 68.0 Å². The maximum atomic E-state index is 12.0. The fourth-order valence-corrected chi connectivity index (χ4v) is 6.30. The molecule has 24 heavy (non-hydrogen) atoms. The molecule has 0 aliphatic heterocycles. The van der Waals surface area contributed by atoms with Crippen LogP contribution in [0.25, 0.3) is 0 Å². The van der Waals surface area contributed by atoms with Crippen molar-refractivity contribution in [1.82, 2.24) is 0 Å². The molecule has 4 aliphatic rings. The molecule has 3 nitrogen and oxygen atoms in total. The summed E-state index contributed by atoms with van der Waals surface area (Å²) < 4.78 is 12.6. The zero-order valence-corrected chi connectivity index (χ0v) is 17.1. The first-order chi connectivity index (χ1) is 11.1. The van der Waals surface area contributed by atoms with Crippen LogP contribution < -0.4 is 0 Å². The number of carbonyl (C=O) groups is 1. The highest BCUT2D eigenvalue weighted by Gasteiger charge is 2.59. The van der Waals surface area contributed by atoms with Gasteiger partial charge in [0.15, 0.2) is 8.32 Å². The van der Waals surface area contributed by atoms with Crippen LogP contribution in [0.1, 0.15) is 52.9 Å². The van der Waals surface area contributed by atoms with Crippen LogP contribution >= 0.6 is 0 Å². The summed E-state index contributed by atoms with van der Waals surface area (Å²) in [5, 5.41) is 0.212. The zero-order chi connectivity index (χ0) is 17.8. The number of carbonyl (C=O) groups excluding carboxylic acids is 1. The van der Waals surface area contributed by atoms with E-state index >= 15 is 0 Å². The van der Waals surface area contributed by atoms with E-state index in [0.717, 1.165) is 31.3 Å². The van der Waals surface area contributed by atoms with Gasteiger partial charge >= 0.3 is 5.97 Å². The second-order valence-electron chi connectivity index (χ2n) is 9.98. The molecule has 4 rings (SSSR count). The van der Waals surface area contributed by atoms with E-state index in [1.54, 1.807) is 0 Å². The van der Waals surface area contributed by atoms with Crippen LogP contribution in [-0.2, 0) is 14.0 Å². The van der Waals surface area contributed by atoms with Crippen molar-refractivity contribution in [3.63, 3.8) is 0 Å². The summed E-state index contributed by atoms with van der Waals surface area (Å²) in [5.41, 5.74) is -0.289. The van der Waals surface area contributed by atoms with Crippen LogP contribution in [0.3, 0.4) is 0 Å². The molecule has 4 fully saturated rings. The molecule has 3 unspecified atom stereocenters. The fourth-order valence-electron chi connectivity index (χ4n) is 5.27. The van der Waals surface area contributed by atoms with Crippen LogP contribution in [0.4, 0.5) is 0 Å². The van der Waals surface area contributed by atoms with Crippen LogP contribution in [0.5, 0.6) is 0 Å². The van der Waals surface area contributed by atoms with Gasteiger partial charge in [0.05, 0.1) is 0 Å². The van der Waals surface area contributed by atoms with E-state index in [9.17, 15) is 4.79 Å². The topological polar surface area (TPSA) is 35.5 Å². The summed E-state index contributed by atoms with van der Waals surface area (Å²) in [6.07, 6.45) is 7.32.